The molecule has 0 radical (unpaired) electrons. The zero-order valence-electron chi connectivity index (χ0n) is 17.1. The summed E-state index contributed by atoms with van der Waals surface area (Å²) in [6.45, 7) is 2.01. The third-order valence-electron chi connectivity index (χ3n) is 4.98. The van der Waals surface area contributed by atoms with Gasteiger partial charge >= 0.3 is 11.9 Å². The maximum absolute atomic E-state index is 11.2. The number of aliphatic hydroxyl groups excluding tert-OH is 1. The van der Waals surface area contributed by atoms with Crippen molar-refractivity contribution in [3.05, 3.63) is 83.4 Å². The molecule has 6 heteroatoms. The van der Waals surface area contributed by atoms with Gasteiger partial charge in [0.2, 0.25) is 0 Å². The lowest BCUT2D eigenvalue weighted by Gasteiger charge is -2.09. The van der Waals surface area contributed by atoms with Crippen molar-refractivity contribution in [2.75, 3.05) is 0 Å². The average Bonchev–Trinajstić information content (AvgIpc) is 3.10. The Morgan fingerprint density at radius 3 is 1.94 bits per heavy atom. The maximum Gasteiger partial charge on any atom is 0.307 e. The normalized spacial score (nSPS) is 11.7. The molecule has 0 bridgehead atoms. The molecule has 31 heavy (non-hydrogen) atoms. The second-order valence-electron chi connectivity index (χ2n) is 7.41. The molecule has 0 saturated carbocycles. The van der Waals surface area contributed by atoms with Crippen LogP contribution < -0.4 is 0 Å². The molecule has 0 aliphatic heterocycles. The minimum atomic E-state index is -1.14. The fourth-order valence-corrected chi connectivity index (χ4v) is 3.37. The Morgan fingerprint density at radius 1 is 0.871 bits per heavy atom. The van der Waals surface area contributed by atoms with Gasteiger partial charge in [-0.25, -0.2) is 0 Å². The molecule has 160 valence electrons. The molecular weight excluding hydrogens is 396 g/mol. The van der Waals surface area contributed by atoms with Crippen molar-refractivity contribution in [1.29, 1.82) is 0 Å². The predicted octanol–water partition coefficient (Wildman–Crippen LogP) is 4.79. The Balaban J connectivity index is 0.000000330. The van der Waals surface area contributed by atoms with Crippen molar-refractivity contribution in [2.45, 2.75) is 26.4 Å². The smallest absolute Gasteiger partial charge is 0.307 e. The molecule has 0 fully saturated rings. The minimum absolute atomic E-state index is 0.0757. The molecule has 1 heterocycles. The van der Waals surface area contributed by atoms with Crippen LogP contribution in [0.5, 0.6) is 0 Å². The second-order valence-corrected chi connectivity index (χ2v) is 7.41. The number of carboxylic acids is 2. The number of hydrogen-bond acceptors (Lipinski definition) is 4. The summed E-state index contributed by atoms with van der Waals surface area (Å²) in [5.41, 5.74) is 4.03. The van der Waals surface area contributed by atoms with Gasteiger partial charge in [-0.2, -0.15) is 0 Å². The molecule has 3 N–H and O–H groups in total. The van der Waals surface area contributed by atoms with Gasteiger partial charge in [-0.15, -0.1) is 0 Å². The molecule has 0 aliphatic rings. The number of benzene rings is 3. The van der Waals surface area contributed by atoms with Gasteiger partial charge in [-0.1, -0.05) is 60.2 Å². The molecule has 0 saturated heterocycles. The lowest BCUT2D eigenvalue weighted by Crippen LogP contribution is -2.20. The summed E-state index contributed by atoms with van der Waals surface area (Å²) in [7, 11) is 0. The number of aryl methyl sites for hydroxylation is 1. The molecule has 1 aromatic heterocycles. The number of aliphatic hydroxyl groups is 1. The quantitative estimate of drug-likeness (QED) is 0.414. The lowest BCUT2D eigenvalue weighted by atomic mass is 9.95. The number of aliphatic carboxylic acids is 2. The van der Waals surface area contributed by atoms with Crippen LogP contribution in [0.3, 0.4) is 0 Å². The van der Waals surface area contributed by atoms with Gasteiger partial charge in [0.05, 0.1) is 18.9 Å². The van der Waals surface area contributed by atoms with Crippen LogP contribution in [0.25, 0.3) is 21.9 Å². The Hall–Kier alpha value is -3.64. The van der Waals surface area contributed by atoms with Crippen LogP contribution in [-0.2, 0) is 22.6 Å². The van der Waals surface area contributed by atoms with Crippen LogP contribution in [0.2, 0.25) is 0 Å². The van der Waals surface area contributed by atoms with E-state index in [9.17, 15) is 14.7 Å². The van der Waals surface area contributed by atoms with Crippen molar-refractivity contribution in [3.8, 4) is 0 Å². The molecule has 3 aromatic carbocycles. The second kappa shape index (κ2) is 9.91. The number of carbonyl (C=O) groups is 2. The topological polar surface area (TPSA) is 108 Å². The molecule has 1 atom stereocenters. The lowest BCUT2D eigenvalue weighted by molar-refractivity contribution is -0.148. The SMILES string of the molecule is Cc1ccccc1.O=C(O)CC(Cc1ccc2c(c1)oc1cc(CO)ccc12)C(=O)O. The average molecular weight is 420 g/mol. The summed E-state index contributed by atoms with van der Waals surface area (Å²) in [5.74, 6) is -3.25. The summed E-state index contributed by atoms with van der Waals surface area (Å²) >= 11 is 0. The minimum Gasteiger partial charge on any atom is -0.481 e. The van der Waals surface area contributed by atoms with Gasteiger partial charge in [0.25, 0.3) is 0 Å². The standard InChI is InChI=1S/C18H16O6.C7H8/c19-9-11-2-4-14-13-3-1-10(6-15(13)24-16(14)7-11)5-12(18(22)23)8-17(20)21;1-7-5-3-2-4-6-7/h1-4,6-7,12,19H,5,8-9H2,(H,20,21)(H,22,23);2-6H,1H3. The zero-order valence-corrected chi connectivity index (χ0v) is 17.1. The summed E-state index contributed by atoms with van der Waals surface area (Å²) in [6.07, 6.45) is -0.302. The van der Waals surface area contributed by atoms with Crippen LogP contribution in [0.4, 0.5) is 0 Å². The van der Waals surface area contributed by atoms with Gasteiger partial charge in [0.1, 0.15) is 11.2 Å². The maximum atomic E-state index is 11.2. The number of fused-ring (bicyclic) bond motifs is 3. The van der Waals surface area contributed by atoms with Crippen molar-refractivity contribution >= 4 is 33.9 Å². The van der Waals surface area contributed by atoms with Crippen molar-refractivity contribution in [2.24, 2.45) is 5.92 Å². The van der Waals surface area contributed by atoms with E-state index in [0.29, 0.717) is 16.7 Å². The monoisotopic (exact) mass is 420 g/mol. The third-order valence-corrected chi connectivity index (χ3v) is 4.98. The van der Waals surface area contributed by atoms with Crippen molar-refractivity contribution in [3.63, 3.8) is 0 Å². The van der Waals surface area contributed by atoms with E-state index in [-0.39, 0.29) is 13.0 Å². The Bertz CT molecular complexity index is 1190. The molecule has 0 aliphatic carbocycles. The van der Waals surface area contributed by atoms with Crippen LogP contribution >= 0.6 is 0 Å². The summed E-state index contributed by atoms with van der Waals surface area (Å²) < 4.78 is 5.78. The predicted molar refractivity (Wildman–Crippen MR) is 118 cm³/mol. The van der Waals surface area contributed by atoms with Crippen LogP contribution in [0, 0.1) is 12.8 Å². The first-order valence-corrected chi connectivity index (χ1v) is 9.88. The highest BCUT2D eigenvalue weighted by Crippen LogP contribution is 2.30. The highest BCUT2D eigenvalue weighted by molar-refractivity contribution is 6.05. The van der Waals surface area contributed by atoms with E-state index in [1.54, 1.807) is 18.2 Å². The first-order chi connectivity index (χ1) is 14.9. The zero-order chi connectivity index (χ0) is 22.4. The van der Waals surface area contributed by atoms with Crippen LogP contribution in [0.1, 0.15) is 23.1 Å². The third kappa shape index (κ3) is 5.71. The molecule has 4 aromatic rings. The number of furan rings is 1. The summed E-state index contributed by atoms with van der Waals surface area (Å²) in [5, 5.41) is 29.0. The number of rotatable bonds is 6. The van der Waals surface area contributed by atoms with Gasteiger partial charge in [0, 0.05) is 10.8 Å². The van der Waals surface area contributed by atoms with Crippen molar-refractivity contribution in [1.82, 2.24) is 0 Å². The van der Waals surface area contributed by atoms with E-state index in [0.717, 1.165) is 16.3 Å². The molecule has 4 rings (SSSR count). The van der Waals surface area contributed by atoms with E-state index in [1.807, 2.05) is 36.4 Å². The highest BCUT2D eigenvalue weighted by Gasteiger charge is 2.22. The summed E-state index contributed by atoms with van der Waals surface area (Å²) in [4.78, 5) is 22.0. The molecular formula is C25H24O6. The largest absolute Gasteiger partial charge is 0.481 e. The van der Waals surface area contributed by atoms with E-state index < -0.39 is 24.3 Å². The van der Waals surface area contributed by atoms with Gasteiger partial charge in [-0.05, 0) is 36.6 Å². The first kappa shape index (κ1) is 22.1. The highest BCUT2D eigenvalue weighted by atomic mass is 16.4. The first-order valence-electron chi connectivity index (χ1n) is 9.88. The van der Waals surface area contributed by atoms with Gasteiger partial charge < -0.3 is 19.7 Å². The molecule has 0 amide bonds. The van der Waals surface area contributed by atoms with Gasteiger partial charge in [0.15, 0.2) is 0 Å². The fourth-order valence-electron chi connectivity index (χ4n) is 3.37. The van der Waals surface area contributed by atoms with E-state index in [1.165, 1.54) is 5.56 Å². The van der Waals surface area contributed by atoms with E-state index in [4.69, 9.17) is 14.6 Å². The molecule has 6 nitrogen and oxygen atoms in total. The number of carboxylic acid groups (broad SMARTS) is 2. The Kier molecular flexibility index (Phi) is 7.05. The van der Waals surface area contributed by atoms with Gasteiger partial charge in [-0.3, -0.25) is 9.59 Å². The van der Waals surface area contributed by atoms with E-state index >= 15 is 0 Å². The Labute approximate surface area is 179 Å². The molecule has 1 unspecified atom stereocenters. The molecule has 0 spiro atoms. The van der Waals surface area contributed by atoms with E-state index in [2.05, 4.69) is 19.1 Å². The van der Waals surface area contributed by atoms with Crippen LogP contribution in [0.15, 0.2) is 71.1 Å². The summed E-state index contributed by atoms with van der Waals surface area (Å²) in [6, 6.07) is 21.1. The Morgan fingerprint density at radius 2 is 1.45 bits per heavy atom. The number of hydrogen-bond donors (Lipinski definition) is 3. The van der Waals surface area contributed by atoms with Crippen LogP contribution in [-0.4, -0.2) is 27.3 Å². The van der Waals surface area contributed by atoms with Crippen molar-refractivity contribution < 1.29 is 29.3 Å². The fraction of sp³-hybridized carbons (Fsp3) is 0.200.